The molecule has 2 atom stereocenters. The number of primary amides is 1. The van der Waals surface area contributed by atoms with E-state index in [1.807, 2.05) is 0 Å². The lowest BCUT2D eigenvalue weighted by Gasteiger charge is -2.35. The number of benzene rings is 1. The number of rotatable bonds is 7. The normalized spacial score (nSPS) is 20.6. The lowest BCUT2D eigenvalue weighted by molar-refractivity contribution is 0.0638. The van der Waals surface area contributed by atoms with Gasteiger partial charge < -0.3 is 20.7 Å². The topological polar surface area (TPSA) is 150 Å². The molecule has 1 saturated heterocycles. The number of nitrogens with two attached hydrogens (primary N) is 1. The number of anilines is 2. The van der Waals surface area contributed by atoms with E-state index >= 15 is 0 Å². The lowest BCUT2D eigenvalue weighted by Crippen LogP contribution is -2.44. The minimum Gasteiger partial charge on any atom is -0.449 e. The second-order valence-electron chi connectivity index (χ2n) is 8.79. The summed E-state index contributed by atoms with van der Waals surface area (Å²) in [5.41, 5.74) is 5.95. The molecule has 4 rings (SSSR count). The molecule has 1 aromatic heterocycles. The number of hydrogen-bond donors (Lipinski definition) is 2. The molecule has 0 radical (unpaired) electrons. The van der Waals surface area contributed by atoms with E-state index in [9.17, 15) is 19.2 Å². The van der Waals surface area contributed by atoms with E-state index in [4.69, 9.17) is 15.7 Å². The van der Waals surface area contributed by atoms with Crippen molar-refractivity contribution in [1.82, 2.24) is 14.7 Å². The summed E-state index contributed by atoms with van der Waals surface area (Å²) in [7, 11) is 0. The maximum absolute atomic E-state index is 13.2. The Morgan fingerprint density at radius 2 is 2.03 bits per heavy atom. The third-order valence-electron chi connectivity index (χ3n) is 6.36. The standard InChI is InChI=1S/C23H24FN7O3/c24-16-1-3-17(4-2-16)28-21-18(20(27)32)13-31(29-21)19-5-10-30(12-15(19)11-26)22(33)34-14-23(6-7-23)8-9-25/h1-4,13,15,19H,5-8,10,12,14H2,(H2,27,32)(H,28,29). The number of nitrogens with zero attached hydrogens (tertiary/aromatic N) is 5. The number of ether oxygens (including phenoxy) is 1. The number of aromatic nitrogens is 2. The van der Waals surface area contributed by atoms with Crippen LogP contribution < -0.4 is 11.1 Å². The number of piperidine rings is 1. The van der Waals surface area contributed by atoms with Crippen LogP contribution in [-0.2, 0) is 4.74 Å². The number of carbonyl (C=O) groups is 2. The number of nitrogens with one attached hydrogen (secondary N) is 1. The Hall–Kier alpha value is -4.12. The Morgan fingerprint density at radius 1 is 1.29 bits per heavy atom. The van der Waals surface area contributed by atoms with Gasteiger partial charge in [-0.15, -0.1) is 0 Å². The molecule has 2 heterocycles. The van der Waals surface area contributed by atoms with Gasteiger partial charge in [0.1, 0.15) is 11.4 Å². The van der Waals surface area contributed by atoms with Crippen molar-refractivity contribution in [2.24, 2.45) is 17.1 Å². The number of hydrogen-bond acceptors (Lipinski definition) is 7. The highest BCUT2D eigenvalue weighted by atomic mass is 19.1. The summed E-state index contributed by atoms with van der Waals surface area (Å²) in [5, 5.41) is 26.1. The molecule has 0 spiro atoms. The van der Waals surface area contributed by atoms with Crippen molar-refractivity contribution in [3.05, 3.63) is 41.8 Å². The van der Waals surface area contributed by atoms with Gasteiger partial charge in [0.25, 0.3) is 5.91 Å². The van der Waals surface area contributed by atoms with Crippen molar-refractivity contribution in [2.75, 3.05) is 25.0 Å². The van der Waals surface area contributed by atoms with Crippen molar-refractivity contribution < 1.29 is 18.7 Å². The van der Waals surface area contributed by atoms with Crippen LogP contribution in [0.2, 0.25) is 0 Å². The van der Waals surface area contributed by atoms with Crippen LogP contribution in [0.3, 0.4) is 0 Å². The molecular weight excluding hydrogens is 441 g/mol. The molecule has 10 nitrogen and oxygen atoms in total. The van der Waals surface area contributed by atoms with Gasteiger partial charge in [0.05, 0.1) is 30.7 Å². The van der Waals surface area contributed by atoms with E-state index < -0.39 is 23.7 Å². The van der Waals surface area contributed by atoms with Crippen LogP contribution in [0.15, 0.2) is 30.5 Å². The second kappa shape index (κ2) is 9.40. The van der Waals surface area contributed by atoms with Gasteiger partial charge in [-0.05, 0) is 43.5 Å². The molecule has 2 unspecified atom stereocenters. The van der Waals surface area contributed by atoms with Gasteiger partial charge in [-0.3, -0.25) is 9.48 Å². The van der Waals surface area contributed by atoms with Gasteiger partial charge in [-0.1, -0.05) is 0 Å². The molecule has 2 aromatic rings. The zero-order chi connectivity index (χ0) is 24.3. The van der Waals surface area contributed by atoms with E-state index in [1.165, 1.54) is 40.0 Å². The first-order valence-electron chi connectivity index (χ1n) is 10.9. The molecule has 1 saturated carbocycles. The third kappa shape index (κ3) is 4.94. The van der Waals surface area contributed by atoms with Gasteiger partial charge in [0, 0.05) is 36.8 Å². The van der Waals surface area contributed by atoms with Crippen LogP contribution in [0.1, 0.15) is 42.1 Å². The molecule has 11 heteroatoms. The summed E-state index contributed by atoms with van der Waals surface area (Å²) in [6.07, 6.45) is 3.50. The fourth-order valence-electron chi connectivity index (χ4n) is 4.08. The monoisotopic (exact) mass is 465 g/mol. The van der Waals surface area contributed by atoms with Crippen LogP contribution >= 0.6 is 0 Å². The Morgan fingerprint density at radius 3 is 2.65 bits per heavy atom. The van der Waals surface area contributed by atoms with E-state index in [2.05, 4.69) is 22.6 Å². The van der Waals surface area contributed by atoms with Crippen molar-refractivity contribution in [3.63, 3.8) is 0 Å². The summed E-state index contributed by atoms with van der Waals surface area (Å²) in [4.78, 5) is 26.0. The van der Waals surface area contributed by atoms with E-state index in [0.29, 0.717) is 25.1 Å². The predicted molar refractivity (Wildman–Crippen MR) is 118 cm³/mol. The number of amides is 2. The minimum absolute atomic E-state index is 0.134. The Labute approximate surface area is 195 Å². The zero-order valence-corrected chi connectivity index (χ0v) is 18.4. The average molecular weight is 465 g/mol. The highest BCUT2D eigenvalue weighted by Crippen LogP contribution is 2.48. The maximum Gasteiger partial charge on any atom is 0.409 e. The zero-order valence-electron chi connectivity index (χ0n) is 18.4. The fourth-order valence-corrected chi connectivity index (χ4v) is 4.08. The molecule has 1 aromatic carbocycles. The predicted octanol–water partition coefficient (Wildman–Crippen LogP) is 3.08. The highest BCUT2D eigenvalue weighted by molar-refractivity contribution is 5.98. The second-order valence-corrected chi connectivity index (χ2v) is 8.79. The van der Waals surface area contributed by atoms with Gasteiger partial charge in [0.15, 0.2) is 5.82 Å². The fraction of sp³-hybridized carbons (Fsp3) is 0.435. The summed E-state index contributed by atoms with van der Waals surface area (Å²) in [6.45, 7) is 0.702. The van der Waals surface area contributed by atoms with E-state index in [0.717, 1.165) is 12.8 Å². The van der Waals surface area contributed by atoms with Gasteiger partial charge in [-0.25, -0.2) is 9.18 Å². The number of carbonyl (C=O) groups excluding carboxylic acids is 2. The molecule has 1 aliphatic carbocycles. The van der Waals surface area contributed by atoms with Crippen molar-refractivity contribution >= 4 is 23.5 Å². The average Bonchev–Trinajstić information content (AvgIpc) is 3.47. The Balaban J connectivity index is 1.44. The van der Waals surface area contributed by atoms with Gasteiger partial charge >= 0.3 is 6.09 Å². The molecule has 2 fully saturated rings. The molecular formula is C23H24FN7O3. The van der Waals surface area contributed by atoms with Gasteiger partial charge in [-0.2, -0.15) is 15.6 Å². The molecule has 3 N–H and O–H groups in total. The molecule has 1 aliphatic heterocycles. The van der Waals surface area contributed by atoms with Crippen LogP contribution in [-0.4, -0.2) is 46.4 Å². The maximum atomic E-state index is 13.2. The first-order valence-corrected chi connectivity index (χ1v) is 10.9. The lowest BCUT2D eigenvalue weighted by atomic mass is 9.94. The quantitative estimate of drug-likeness (QED) is 0.638. The molecule has 2 aliphatic rings. The smallest absolute Gasteiger partial charge is 0.409 e. The number of nitriles is 2. The van der Waals surface area contributed by atoms with Crippen molar-refractivity contribution in [2.45, 2.75) is 31.7 Å². The molecule has 0 bridgehead atoms. The minimum atomic E-state index is -0.697. The van der Waals surface area contributed by atoms with Gasteiger partial charge in [0.2, 0.25) is 0 Å². The van der Waals surface area contributed by atoms with Crippen LogP contribution in [0, 0.1) is 39.8 Å². The highest BCUT2D eigenvalue weighted by Gasteiger charge is 2.44. The largest absolute Gasteiger partial charge is 0.449 e. The summed E-state index contributed by atoms with van der Waals surface area (Å²) < 4.78 is 20.1. The first-order chi connectivity index (χ1) is 16.3. The first kappa shape index (κ1) is 23.1. The Bertz CT molecular complexity index is 1160. The van der Waals surface area contributed by atoms with Crippen LogP contribution in [0.25, 0.3) is 0 Å². The summed E-state index contributed by atoms with van der Waals surface area (Å²) in [6, 6.07) is 9.53. The number of likely N-dealkylation sites (tertiary alicyclic amines) is 1. The number of halogens is 1. The Kier molecular flexibility index (Phi) is 6.37. The summed E-state index contributed by atoms with van der Waals surface area (Å²) in [5.74, 6) is -1.48. The molecule has 2 amide bonds. The van der Waals surface area contributed by atoms with Crippen molar-refractivity contribution in [3.8, 4) is 12.1 Å². The summed E-state index contributed by atoms with van der Waals surface area (Å²) >= 11 is 0. The molecule has 176 valence electrons. The van der Waals surface area contributed by atoms with Crippen LogP contribution in [0.4, 0.5) is 20.7 Å². The van der Waals surface area contributed by atoms with Crippen LogP contribution in [0.5, 0.6) is 0 Å². The van der Waals surface area contributed by atoms with E-state index in [-0.39, 0.29) is 36.0 Å². The van der Waals surface area contributed by atoms with E-state index in [1.54, 1.807) is 0 Å². The molecule has 34 heavy (non-hydrogen) atoms. The SMILES string of the molecule is N#CCC1(COC(=O)N2CCC(n3cc(C(N)=O)c(Nc4ccc(F)cc4)n3)C(C#N)C2)CC1. The van der Waals surface area contributed by atoms with Crippen molar-refractivity contribution in [1.29, 1.82) is 10.5 Å². The third-order valence-corrected chi connectivity index (χ3v) is 6.36.